The first-order chi connectivity index (χ1) is 13.1. The molecule has 2 atom stereocenters. The molecule has 1 aliphatic heterocycles. The number of Topliss-reactive ketones (excluding diaryl/α,β-unsaturated/α-hetero) is 2. The molecule has 4 rings (SSSR count). The van der Waals surface area contributed by atoms with E-state index in [1.54, 1.807) is 13.0 Å². The summed E-state index contributed by atoms with van der Waals surface area (Å²) in [6.45, 7) is 5.07. The van der Waals surface area contributed by atoms with Crippen molar-refractivity contribution >= 4 is 17.7 Å². The molecule has 2 aliphatic carbocycles. The van der Waals surface area contributed by atoms with Gasteiger partial charge in [0.1, 0.15) is 12.7 Å². The van der Waals surface area contributed by atoms with Gasteiger partial charge in [0.05, 0.1) is 13.2 Å². The molecule has 1 amide bonds. The molecule has 0 aromatic heterocycles. The molecule has 3 aliphatic rings. The number of rotatable bonds is 3. The van der Waals surface area contributed by atoms with Crippen molar-refractivity contribution in [1.29, 1.82) is 0 Å². The van der Waals surface area contributed by atoms with Crippen LogP contribution in [0.25, 0.3) is 0 Å². The van der Waals surface area contributed by atoms with E-state index < -0.39 is 18.0 Å². The number of carbonyl (C=O) groups is 3. The second kappa shape index (κ2) is 6.15. The fourth-order valence-electron chi connectivity index (χ4n) is 4.35. The van der Waals surface area contributed by atoms with Gasteiger partial charge in [-0.15, -0.1) is 0 Å². The van der Waals surface area contributed by atoms with Crippen molar-refractivity contribution < 1.29 is 33.3 Å². The molecule has 2 unspecified atom stereocenters. The number of benzene rings is 1. The zero-order chi connectivity index (χ0) is 20.4. The molecule has 1 fully saturated rings. The Balaban J connectivity index is 1.91. The summed E-state index contributed by atoms with van der Waals surface area (Å²) in [4.78, 5) is 37.1. The van der Waals surface area contributed by atoms with Gasteiger partial charge in [0.25, 0.3) is 0 Å². The maximum atomic E-state index is 13.0. The summed E-state index contributed by atoms with van der Waals surface area (Å²) in [5.74, 6) is -1.39. The lowest BCUT2D eigenvalue weighted by Gasteiger charge is -2.25. The highest BCUT2D eigenvalue weighted by molar-refractivity contribution is 6.26. The first kappa shape index (κ1) is 18.6. The fraction of sp³-hybridized carbons (Fsp3) is 0.450. The van der Waals surface area contributed by atoms with Gasteiger partial charge in [-0.2, -0.15) is 0 Å². The predicted octanol–water partition coefficient (Wildman–Crippen LogP) is 2.33. The summed E-state index contributed by atoms with van der Waals surface area (Å²) in [6, 6.07) is 1.57. The number of allylic oxidation sites excluding steroid dienone is 2. The van der Waals surface area contributed by atoms with Crippen LogP contribution < -0.4 is 5.73 Å². The van der Waals surface area contributed by atoms with Gasteiger partial charge in [-0.05, 0) is 43.5 Å². The lowest BCUT2D eigenvalue weighted by Crippen LogP contribution is -2.26. The molecule has 0 radical (unpaired) electrons. The molecule has 2 N–H and O–H groups in total. The van der Waals surface area contributed by atoms with E-state index in [4.69, 9.17) is 24.7 Å². The Kier molecular flexibility index (Phi) is 4.09. The Labute approximate surface area is 161 Å². The van der Waals surface area contributed by atoms with Gasteiger partial charge in [-0.1, -0.05) is 0 Å². The first-order valence-electron chi connectivity index (χ1n) is 8.95. The maximum Gasteiger partial charge on any atom is 0.404 e. The van der Waals surface area contributed by atoms with Crippen molar-refractivity contribution in [2.24, 2.45) is 5.73 Å². The number of hydrogen-bond acceptors (Lipinski definition) is 7. The van der Waals surface area contributed by atoms with Crippen molar-refractivity contribution in [2.45, 2.75) is 51.8 Å². The van der Waals surface area contributed by atoms with Crippen LogP contribution in [-0.4, -0.2) is 36.7 Å². The van der Waals surface area contributed by atoms with Gasteiger partial charge in [-0.25, -0.2) is 4.79 Å². The molecular formula is C20H21NO7. The number of hydrogen-bond donors (Lipinski definition) is 1. The number of ether oxygens (including phenoxy) is 4. The van der Waals surface area contributed by atoms with E-state index in [1.165, 1.54) is 7.11 Å². The lowest BCUT2D eigenvalue weighted by atomic mass is 9.82. The first-order valence-corrected chi connectivity index (χ1v) is 8.95. The average molecular weight is 387 g/mol. The molecule has 1 heterocycles. The van der Waals surface area contributed by atoms with Gasteiger partial charge in [0, 0.05) is 23.1 Å². The second-order valence-electron chi connectivity index (χ2n) is 7.57. The monoisotopic (exact) mass is 387 g/mol. The Hall–Kier alpha value is -2.71. The van der Waals surface area contributed by atoms with E-state index >= 15 is 0 Å². The Morgan fingerprint density at radius 2 is 2.00 bits per heavy atom. The van der Waals surface area contributed by atoms with Gasteiger partial charge >= 0.3 is 6.09 Å². The van der Waals surface area contributed by atoms with Crippen LogP contribution in [0.15, 0.2) is 17.4 Å². The van der Waals surface area contributed by atoms with E-state index in [0.29, 0.717) is 23.1 Å². The van der Waals surface area contributed by atoms with E-state index in [9.17, 15) is 14.4 Å². The van der Waals surface area contributed by atoms with Crippen molar-refractivity contribution in [3.05, 3.63) is 45.2 Å². The maximum absolute atomic E-state index is 13.0. The molecule has 0 spiro atoms. The predicted molar refractivity (Wildman–Crippen MR) is 95.7 cm³/mol. The Bertz CT molecular complexity index is 960. The molecular weight excluding hydrogens is 366 g/mol. The highest BCUT2D eigenvalue weighted by Crippen LogP contribution is 2.50. The summed E-state index contributed by atoms with van der Waals surface area (Å²) in [5.41, 5.74) is 7.95. The molecule has 28 heavy (non-hydrogen) atoms. The van der Waals surface area contributed by atoms with Gasteiger partial charge in [0.15, 0.2) is 17.3 Å². The van der Waals surface area contributed by atoms with Crippen molar-refractivity contribution in [3.63, 3.8) is 0 Å². The third-order valence-electron chi connectivity index (χ3n) is 5.37. The standard InChI is InChI=1S/C20H21NO7/c1-8-15(22)14-10-6-12-18(28-20(2,3)27-12)13(10)9(7-26-19(21)24)5-11(14)16(23)17(8)25-4/h5,12,18H,6-7H2,1-4H3,(H2,21,24). The summed E-state index contributed by atoms with van der Waals surface area (Å²) >= 11 is 0. The highest BCUT2D eigenvalue weighted by Gasteiger charge is 2.50. The number of fused-ring (bicyclic) bond motifs is 5. The van der Waals surface area contributed by atoms with E-state index in [2.05, 4.69) is 0 Å². The normalized spacial score (nSPS) is 24.7. The molecule has 1 aromatic rings. The Morgan fingerprint density at radius 1 is 1.29 bits per heavy atom. The van der Waals surface area contributed by atoms with Crippen LogP contribution >= 0.6 is 0 Å². The van der Waals surface area contributed by atoms with Crippen LogP contribution in [0.1, 0.15) is 64.3 Å². The molecule has 0 saturated carbocycles. The van der Waals surface area contributed by atoms with Crippen LogP contribution in [-0.2, 0) is 32.0 Å². The van der Waals surface area contributed by atoms with Crippen molar-refractivity contribution in [3.8, 4) is 0 Å². The highest BCUT2D eigenvalue weighted by atomic mass is 16.8. The summed E-state index contributed by atoms with van der Waals surface area (Å²) < 4.78 is 22.2. The molecule has 148 valence electrons. The second-order valence-corrected chi connectivity index (χ2v) is 7.57. The quantitative estimate of drug-likeness (QED) is 0.846. The molecule has 8 heteroatoms. The van der Waals surface area contributed by atoms with Crippen molar-refractivity contribution in [2.75, 3.05) is 7.11 Å². The van der Waals surface area contributed by atoms with E-state index in [-0.39, 0.29) is 41.2 Å². The number of methoxy groups -OCH3 is 1. The summed E-state index contributed by atoms with van der Waals surface area (Å²) in [5, 5.41) is 0. The molecule has 1 saturated heterocycles. The van der Waals surface area contributed by atoms with Gasteiger partial charge in [-0.3, -0.25) is 9.59 Å². The number of primary amides is 1. The van der Waals surface area contributed by atoms with Crippen LogP contribution in [0.5, 0.6) is 0 Å². The molecule has 1 aromatic carbocycles. The van der Waals surface area contributed by atoms with E-state index in [1.807, 2.05) is 13.8 Å². The summed E-state index contributed by atoms with van der Waals surface area (Å²) in [7, 11) is 1.35. The van der Waals surface area contributed by atoms with E-state index in [0.717, 1.165) is 5.56 Å². The van der Waals surface area contributed by atoms with Gasteiger partial charge < -0.3 is 24.7 Å². The van der Waals surface area contributed by atoms with Gasteiger partial charge in [0.2, 0.25) is 5.78 Å². The fourth-order valence-corrected chi connectivity index (χ4v) is 4.35. The van der Waals surface area contributed by atoms with Crippen LogP contribution in [0.4, 0.5) is 4.79 Å². The average Bonchev–Trinajstić information content (AvgIpc) is 3.09. The zero-order valence-electron chi connectivity index (χ0n) is 16.1. The molecule has 8 nitrogen and oxygen atoms in total. The lowest BCUT2D eigenvalue weighted by molar-refractivity contribution is -0.148. The minimum atomic E-state index is -0.930. The minimum Gasteiger partial charge on any atom is -0.492 e. The largest absolute Gasteiger partial charge is 0.492 e. The number of nitrogens with two attached hydrogens (primary N) is 1. The van der Waals surface area contributed by atoms with Crippen LogP contribution in [0.3, 0.4) is 0 Å². The smallest absolute Gasteiger partial charge is 0.404 e. The third kappa shape index (κ3) is 2.63. The van der Waals surface area contributed by atoms with Crippen LogP contribution in [0.2, 0.25) is 0 Å². The Morgan fingerprint density at radius 3 is 2.64 bits per heavy atom. The zero-order valence-corrected chi connectivity index (χ0v) is 16.1. The minimum absolute atomic E-state index is 0.0195. The summed E-state index contributed by atoms with van der Waals surface area (Å²) in [6.07, 6.45) is -1.22. The SMILES string of the molecule is COC1=C(C)C(=O)c2c(cc(COC(N)=O)c3c2CC2OC(C)(C)OC32)C1=O. The topological polar surface area (TPSA) is 114 Å². The number of ketones is 2. The van der Waals surface area contributed by atoms with Crippen molar-refractivity contribution in [1.82, 2.24) is 0 Å². The molecule has 0 bridgehead atoms. The third-order valence-corrected chi connectivity index (χ3v) is 5.37. The number of carbonyl (C=O) groups excluding carboxylic acids is 3. The number of amides is 1. The van der Waals surface area contributed by atoms with Crippen LogP contribution in [0, 0.1) is 0 Å².